The van der Waals surface area contributed by atoms with Gasteiger partial charge in [0.1, 0.15) is 0 Å². The standard InChI is InChI=1S/C11H18N2OS2/c1-4-5-7(2)12-10(14)6-9-8(3)13-11(15)16-9/h7H,4-6H2,1-3H3,(H,12,14)(H,13,15). The summed E-state index contributed by atoms with van der Waals surface area (Å²) < 4.78 is 0.738. The minimum Gasteiger partial charge on any atom is -0.353 e. The quantitative estimate of drug-likeness (QED) is 0.798. The average Bonchev–Trinajstić information content (AvgIpc) is 2.44. The maximum absolute atomic E-state index is 11.7. The number of aromatic nitrogens is 1. The van der Waals surface area contributed by atoms with E-state index in [9.17, 15) is 4.79 Å². The molecule has 16 heavy (non-hydrogen) atoms. The second-order valence-electron chi connectivity index (χ2n) is 4.00. The third kappa shape index (κ3) is 4.06. The Hall–Kier alpha value is -0.680. The molecule has 3 nitrogen and oxygen atoms in total. The summed E-state index contributed by atoms with van der Waals surface area (Å²) in [5, 5.41) is 2.99. The maximum Gasteiger partial charge on any atom is 0.225 e. The monoisotopic (exact) mass is 258 g/mol. The molecule has 0 spiro atoms. The lowest BCUT2D eigenvalue weighted by Gasteiger charge is -2.12. The summed E-state index contributed by atoms with van der Waals surface area (Å²) in [5.41, 5.74) is 1.01. The van der Waals surface area contributed by atoms with Crippen molar-refractivity contribution < 1.29 is 4.79 Å². The Balaban J connectivity index is 2.51. The second-order valence-corrected chi connectivity index (χ2v) is 5.77. The van der Waals surface area contributed by atoms with E-state index in [-0.39, 0.29) is 11.9 Å². The highest BCUT2D eigenvalue weighted by Crippen LogP contribution is 2.15. The molecule has 1 amide bonds. The molecule has 0 radical (unpaired) electrons. The zero-order valence-corrected chi connectivity index (χ0v) is 11.6. The summed E-state index contributed by atoms with van der Waals surface area (Å²) in [4.78, 5) is 15.8. The summed E-state index contributed by atoms with van der Waals surface area (Å²) >= 11 is 6.52. The molecule has 0 aliphatic rings. The first-order chi connectivity index (χ1) is 7.52. The van der Waals surface area contributed by atoms with Crippen LogP contribution in [0.25, 0.3) is 0 Å². The number of aromatic amines is 1. The molecule has 1 atom stereocenters. The van der Waals surface area contributed by atoms with Crippen molar-refractivity contribution >= 4 is 29.5 Å². The molecule has 1 rings (SSSR count). The van der Waals surface area contributed by atoms with E-state index >= 15 is 0 Å². The number of thiazole rings is 1. The molecule has 1 heterocycles. The zero-order chi connectivity index (χ0) is 12.1. The van der Waals surface area contributed by atoms with Crippen molar-refractivity contribution in [3.63, 3.8) is 0 Å². The number of carbonyl (C=O) groups excluding carboxylic acids is 1. The third-order valence-corrected chi connectivity index (χ3v) is 3.71. The lowest BCUT2D eigenvalue weighted by molar-refractivity contribution is -0.121. The van der Waals surface area contributed by atoms with Gasteiger partial charge in [-0.05, 0) is 32.5 Å². The lowest BCUT2D eigenvalue weighted by Crippen LogP contribution is -2.33. The normalized spacial score (nSPS) is 12.4. The number of amides is 1. The summed E-state index contributed by atoms with van der Waals surface area (Å²) in [6, 6.07) is 0.254. The average molecular weight is 258 g/mol. The number of aryl methyl sites for hydroxylation is 1. The molecule has 0 aliphatic heterocycles. The molecule has 5 heteroatoms. The van der Waals surface area contributed by atoms with Crippen LogP contribution in [-0.4, -0.2) is 16.9 Å². The van der Waals surface area contributed by atoms with E-state index in [1.54, 1.807) is 0 Å². The fourth-order valence-corrected chi connectivity index (χ4v) is 2.87. The van der Waals surface area contributed by atoms with Gasteiger partial charge in [-0.25, -0.2) is 0 Å². The Kier molecular flexibility index (Phi) is 5.15. The predicted octanol–water partition coefficient (Wildman–Crippen LogP) is 2.96. The van der Waals surface area contributed by atoms with Gasteiger partial charge < -0.3 is 10.3 Å². The van der Waals surface area contributed by atoms with Gasteiger partial charge in [-0.3, -0.25) is 4.79 Å². The van der Waals surface area contributed by atoms with Gasteiger partial charge in [-0.15, -0.1) is 11.3 Å². The van der Waals surface area contributed by atoms with Crippen LogP contribution in [0.4, 0.5) is 0 Å². The summed E-state index contributed by atoms with van der Waals surface area (Å²) in [5.74, 6) is 0.0781. The Morgan fingerprint density at radius 2 is 2.31 bits per heavy atom. The van der Waals surface area contributed by atoms with Crippen molar-refractivity contribution in [1.29, 1.82) is 0 Å². The van der Waals surface area contributed by atoms with Crippen LogP contribution in [0.5, 0.6) is 0 Å². The maximum atomic E-state index is 11.7. The zero-order valence-electron chi connectivity index (χ0n) is 9.92. The summed E-state index contributed by atoms with van der Waals surface area (Å²) in [7, 11) is 0. The van der Waals surface area contributed by atoms with E-state index < -0.39 is 0 Å². The highest BCUT2D eigenvalue weighted by molar-refractivity contribution is 7.73. The van der Waals surface area contributed by atoms with Crippen molar-refractivity contribution in [2.45, 2.75) is 46.1 Å². The van der Waals surface area contributed by atoms with Gasteiger partial charge in [0.15, 0.2) is 3.95 Å². The van der Waals surface area contributed by atoms with Gasteiger partial charge in [0.05, 0.1) is 6.42 Å². The fraction of sp³-hybridized carbons (Fsp3) is 0.636. The second kappa shape index (κ2) is 6.15. The highest BCUT2D eigenvalue weighted by atomic mass is 32.1. The third-order valence-electron chi connectivity index (χ3n) is 2.37. The van der Waals surface area contributed by atoms with E-state index in [2.05, 4.69) is 17.2 Å². The Morgan fingerprint density at radius 3 is 2.81 bits per heavy atom. The van der Waals surface area contributed by atoms with Gasteiger partial charge in [0.25, 0.3) is 0 Å². The number of carbonyl (C=O) groups is 1. The fourth-order valence-electron chi connectivity index (χ4n) is 1.58. The molecule has 1 aromatic rings. The van der Waals surface area contributed by atoms with E-state index in [1.807, 2.05) is 13.8 Å². The molecule has 0 bridgehead atoms. The molecule has 0 saturated carbocycles. The number of nitrogens with one attached hydrogen (secondary N) is 2. The Labute approximate surface area is 105 Å². The smallest absolute Gasteiger partial charge is 0.225 e. The van der Waals surface area contributed by atoms with Gasteiger partial charge in [0, 0.05) is 16.6 Å². The first kappa shape index (κ1) is 13.4. The Morgan fingerprint density at radius 1 is 1.62 bits per heavy atom. The van der Waals surface area contributed by atoms with Crippen molar-refractivity contribution in [2.24, 2.45) is 0 Å². The van der Waals surface area contributed by atoms with Crippen molar-refractivity contribution in [3.8, 4) is 0 Å². The van der Waals surface area contributed by atoms with Gasteiger partial charge in [0.2, 0.25) is 5.91 Å². The topological polar surface area (TPSA) is 44.9 Å². The van der Waals surface area contributed by atoms with Crippen molar-refractivity contribution in [3.05, 3.63) is 14.5 Å². The molecule has 0 aliphatic carbocycles. The molecule has 90 valence electrons. The molecule has 1 unspecified atom stereocenters. The van der Waals surface area contributed by atoms with Gasteiger partial charge in [-0.2, -0.15) is 0 Å². The van der Waals surface area contributed by atoms with E-state index in [0.717, 1.165) is 27.4 Å². The van der Waals surface area contributed by atoms with Crippen LogP contribution in [0, 0.1) is 10.9 Å². The molecular weight excluding hydrogens is 240 g/mol. The largest absolute Gasteiger partial charge is 0.353 e. The molecule has 2 N–H and O–H groups in total. The Bertz CT molecular complexity index is 408. The van der Waals surface area contributed by atoms with Gasteiger partial charge >= 0.3 is 0 Å². The molecule has 0 aromatic carbocycles. The van der Waals surface area contributed by atoms with Crippen LogP contribution in [0.3, 0.4) is 0 Å². The van der Waals surface area contributed by atoms with Crippen LogP contribution in [0.2, 0.25) is 0 Å². The molecule has 0 saturated heterocycles. The first-order valence-electron chi connectivity index (χ1n) is 5.50. The molecular formula is C11H18N2OS2. The van der Waals surface area contributed by atoms with Gasteiger partial charge in [-0.1, -0.05) is 13.3 Å². The predicted molar refractivity (Wildman–Crippen MR) is 70.5 cm³/mol. The molecule has 1 aromatic heterocycles. The van der Waals surface area contributed by atoms with Crippen LogP contribution in [-0.2, 0) is 11.2 Å². The van der Waals surface area contributed by atoms with Crippen molar-refractivity contribution in [2.75, 3.05) is 0 Å². The van der Waals surface area contributed by atoms with Crippen LogP contribution in [0.15, 0.2) is 0 Å². The van der Waals surface area contributed by atoms with E-state index in [4.69, 9.17) is 12.2 Å². The van der Waals surface area contributed by atoms with E-state index in [1.165, 1.54) is 11.3 Å². The molecule has 0 fully saturated rings. The highest BCUT2D eigenvalue weighted by Gasteiger charge is 2.10. The number of rotatable bonds is 5. The minimum atomic E-state index is 0.0781. The number of hydrogen-bond donors (Lipinski definition) is 2. The van der Waals surface area contributed by atoms with E-state index in [0.29, 0.717) is 6.42 Å². The first-order valence-corrected chi connectivity index (χ1v) is 6.73. The number of hydrogen-bond acceptors (Lipinski definition) is 3. The van der Waals surface area contributed by atoms with Crippen LogP contribution in [0.1, 0.15) is 37.3 Å². The summed E-state index contributed by atoms with van der Waals surface area (Å²) in [6.07, 6.45) is 2.54. The summed E-state index contributed by atoms with van der Waals surface area (Å²) in [6.45, 7) is 6.10. The SMILES string of the molecule is CCCC(C)NC(=O)Cc1sc(=S)[nH]c1C. The minimum absolute atomic E-state index is 0.0781. The lowest BCUT2D eigenvalue weighted by atomic mass is 10.2. The number of H-pyrrole nitrogens is 1. The van der Waals surface area contributed by atoms with Crippen LogP contribution < -0.4 is 5.32 Å². The van der Waals surface area contributed by atoms with Crippen molar-refractivity contribution in [1.82, 2.24) is 10.3 Å². The van der Waals surface area contributed by atoms with Crippen LogP contribution >= 0.6 is 23.6 Å².